The third-order valence-corrected chi connectivity index (χ3v) is 4.19. The van der Waals surface area contributed by atoms with Crippen molar-refractivity contribution in [2.75, 3.05) is 21.3 Å². The number of amides is 2. The number of hydrogen-bond acceptors (Lipinski definition) is 4. The molecule has 21 heavy (non-hydrogen) atoms. The van der Waals surface area contributed by atoms with E-state index in [1.165, 1.54) is 7.11 Å². The Bertz CT molecular complexity index is 326. The molecule has 3 N–H and O–H groups in total. The third-order valence-electron chi connectivity index (χ3n) is 4.19. The fraction of sp³-hybridized carbons (Fsp3) is 0.867. The van der Waals surface area contributed by atoms with Crippen LogP contribution in [0.15, 0.2) is 0 Å². The molecule has 0 bridgehead atoms. The van der Waals surface area contributed by atoms with Crippen LogP contribution >= 0.6 is 0 Å². The second-order valence-corrected chi connectivity index (χ2v) is 5.05. The first-order valence-corrected chi connectivity index (χ1v) is 6.59. The summed E-state index contributed by atoms with van der Waals surface area (Å²) in [4.78, 5) is 21.7. The number of likely N-dealkylation sites (N-methyl/N-ethyl adjacent to an activating group) is 1. The molecule has 0 aromatic rings. The van der Waals surface area contributed by atoms with Crippen LogP contribution in [0.1, 0.15) is 53.4 Å². The third kappa shape index (κ3) is 4.41. The highest BCUT2D eigenvalue weighted by molar-refractivity contribution is 5.85. The minimum Gasteiger partial charge on any atom is -0.368 e. The Morgan fingerprint density at radius 2 is 1.33 bits per heavy atom. The largest absolute Gasteiger partial charge is 0.368 e. The van der Waals surface area contributed by atoms with E-state index in [0.29, 0.717) is 0 Å². The van der Waals surface area contributed by atoms with Crippen LogP contribution in [0.5, 0.6) is 0 Å². The van der Waals surface area contributed by atoms with Crippen molar-refractivity contribution >= 4 is 11.8 Å². The minimum absolute atomic E-state index is 0. The van der Waals surface area contributed by atoms with Crippen molar-refractivity contribution in [1.29, 1.82) is 0 Å². The smallest absolute Gasteiger partial charge is 0.251 e. The van der Waals surface area contributed by atoms with Crippen LogP contribution in [0, 0.1) is 0 Å². The molecule has 0 aromatic heterocycles. The van der Waals surface area contributed by atoms with Gasteiger partial charge in [-0.25, -0.2) is 0 Å². The van der Waals surface area contributed by atoms with Gasteiger partial charge in [-0.3, -0.25) is 9.59 Å². The van der Waals surface area contributed by atoms with Crippen LogP contribution < -0.4 is 11.1 Å². The fourth-order valence-corrected chi connectivity index (χ4v) is 2.30. The lowest BCUT2D eigenvalue weighted by Crippen LogP contribution is -2.52. The van der Waals surface area contributed by atoms with Crippen molar-refractivity contribution in [2.24, 2.45) is 5.73 Å². The number of carbonyl (C=O) groups is 2. The number of hydrogen-bond donors (Lipinski definition) is 2. The van der Waals surface area contributed by atoms with Gasteiger partial charge in [0.15, 0.2) is 0 Å². The summed E-state index contributed by atoms with van der Waals surface area (Å²) in [6, 6.07) is 0. The van der Waals surface area contributed by atoms with E-state index in [0.717, 1.165) is 38.5 Å². The fourth-order valence-electron chi connectivity index (χ4n) is 2.30. The van der Waals surface area contributed by atoms with E-state index in [-0.39, 0.29) is 26.7 Å². The molecule has 2 aliphatic rings. The zero-order valence-corrected chi connectivity index (χ0v) is 12.0. The normalized spacial score (nSPS) is 20.0. The van der Waals surface area contributed by atoms with Gasteiger partial charge in [0.1, 0.15) is 11.2 Å². The number of carbonyl (C=O) groups excluding carboxylic acids is 2. The molecular weight excluding hydrogens is 272 g/mol. The monoisotopic (exact) mass is 304 g/mol. The molecule has 2 saturated carbocycles. The number of nitrogens with one attached hydrogen (secondary N) is 1. The molecule has 0 saturated heterocycles. The van der Waals surface area contributed by atoms with E-state index in [2.05, 4.69) is 5.32 Å². The molecule has 126 valence electrons. The molecule has 0 aliphatic heterocycles. The van der Waals surface area contributed by atoms with Gasteiger partial charge in [0, 0.05) is 21.3 Å². The van der Waals surface area contributed by atoms with E-state index < -0.39 is 11.2 Å². The first-order valence-electron chi connectivity index (χ1n) is 6.59. The second kappa shape index (κ2) is 9.00. The van der Waals surface area contributed by atoms with E-state index in [9.17, 15) is 9.59 Å². The predicted octanol–water partition coefficient (Wildman–Crippen LogP) is 1.61. The second-order valence-electron chi connectivity index (χ2n) is 5.05. The molecule has 6 nitrogen and oxygen atoms in total. The molecule has 0 unspecified atom stereocenters. The van der Waals surface area contributed by atoms with Crippen molar-refractivity contribution in [3.05, 3.63) is 0 Å². The SMILES string of the molecule is C.C.CNC(=O)C1(OC)CCC1.COC1(C(N)=O)CCC1. The Hall–Kier alpha value is -1.14. The summed E-state index contributed by atoms with van der Waals surface area (Å²) >= 11 is 0. The molecular formula is C15H32N2O4. The average molecular weight is 304 g/mol. The highest BCUT2D eigenvalue weighted by Gasteiger charge is 2.44. The molecule has 6 heteroatoms. The minimum atomic E-state index is -0.597. The summed E-state index contributed by atoms with van der Waals surface area (Å²) in [6.07, 6.45) is 5.46. The topological polar surface area (TPSA) is 90.7 Å². The summed E-state index contributed by atoms with van der Waals surface area (Å²) in [7, 11) is 4.76. The van der Waals surface area contributed by atoms with Gasteiger partial charge in [-0.15, -0.1) is 0 Å². The summed E-state index contributed by atoms with van der Waals surface area (Å²) in [5.74, 6) is -0.308. The van der Waals surface area contributed by atoms with Crippen LogP contribution in [0.2, 0.25) is 0 Å². The number of nitrogens with two attached hydrogens (primary N) is 1. The van der Waals surface area contributed by atoms with Gasteiger partial charge in [0.25, 0.3) is 5.91 Å². The van der Waals surface area contributed by atoms with Gasteiger partial charge < -0.3 is 20.5 Å². The summed E-state index contributed by atoms with van der Waals surface area (Å²) in [6.45, 7) is 0. The zero-order valence-electron chi connectivity index (χ0n) is 12.0. The van der Waals surface area contributed by atoms with Crippen LogP contribution in [-0.4, -0.2) is 44.3 Å². The molecule has 2 aliphatic carbocycles. The van der Waals surface area contributed by atoms with Crippen molar-refractivity contribution in [3.63, 3.8) is 0 Å². The van der Waals surface area contributed by atoms with Gasteiger partial charge >= 0.3 is 0 Å². The van der Waals surface area contributed by atoms with Crippen LogP contribution in [0.25, 0.3) is 0 Å². The molecule has 0 radical (unpaired) electrons. The zero-order chi connectivity index (χ0) is 14.5. The number of rotatable bonds is 4. The average Bonchev–Trinajstić information content (AvgIpc) is 2.27. The molecule has 0 heterocycles. The van der Waals surface area contributed by atoms with E-state index in [1.807, 2.05) is 0 Å². The Morgan fingerprint density at radius 3 is 1.38 bits per heavy atom. The quantitative estimate of drug-likeness (QED) is 0.825. The van der Waals surface area contributed by atoms with Crippen molar-refractivity contribution < 1.29 is 19.1 Å². The van der Waals surface area contributed by atoms with Gasteiger partial charge in [0.2, 0.25) is 5.91 Å². The number of primary amides is 1. The van der Waals surface area contributed by atoms with Gasteiger partial charge in [-0.2, -0.15) is 0 Å². The molecule has 2 rings (SSSR count). The van der Waals surface area contributed by atoms with E-state index in [4.69, 9.17) is 15.2 Å². The van der Waals surface area contributed by atoms with Crippen LogP contribution in [0.3, 0.4) is 0 Å². The molecule has 0 aromatic carbocycles. The van der Waals surface area contributed by atoms with Gasteiger partial charge in [-0.1, -0.05) is 14.9 Å². The maximum absolute atomic E-state index is 11.1. The Labute approximate surface area is 128 Å². The summed E-state index contributed by atoms with van der Waals surface area (Å²) in [5.41, 5.74) is 4.00. The summed E-state index contributed by atoms with van der Waals surface area (Å²) < 4.78 is 10.1. The van der Waals surface area contributed by atoms with E-state index >= 15 is 0 Å². The Balaban J connectivity index is 0. The lowest BCUT2D eigenvalue weighted by molar-refractivity contribution is -0.153. The Morgan fingerprint density at radius 1 is 0.952 bits per heavy atom. The molecule has 0 atom stereocenters. The molecule has 2 fully saturated rings. The van der Waals surface area contributed by atoms with Crippen LogP contribution in [-0.2, 0) is 19.1 Å². The molecule has 0 spiro atoms. The standard InChI is InChI=1S/C7H13NO2.C6H11NO2.2CH4/c1-8-6(9)7(10-2)4-3-5-7;1-9-6(5(7)8)3-2-4-6;;/h3-5H2,1-2H3,(H,8,9);2-4H2,1H3,(H2,7,8);2*1H4. The van der Waals surface area contributed by atoms with Gasteiger partial charge in [0.05, 0.1) is 0 Å². The van der Waals surface area contributed by atoms with Crippen LogP contribution in [0.4, 0.5) is 0 Å². The number of methoxy groups -OCH3 is 2. The Kier molecular flexibility index (Phi) is 9.49. The highest BCUT2D eigenvalue weighted by Crippen LogP contribution is 2.35. The van der Waals surface area contributed by atoms with Crippen molar-refractivity contribution in [2.45, 2.75) is 64.6 Å². The van der Waals surface area contributed by atoms with Crippen molar-refractivity contribution in [1.82, 2.24) is 5.32 Å². The first kappa shape index (κ1) is 22.1. The number of ether oxygens (including phenoxy) is 2. The lowest BCUT2D eigenvalue weighted by Gasteiger charge is -2.38. The highest BCUT2D eigenvalue weighted by atomic mass is 16.5. The molecule has 2 amide bonds. The maximum Gasteiger partial charge on any atom is 0.251 e. The maximum atomic E-state index is 11.1. The lowest BCUT2D eigenvalue weighted by atomic mass is 9.79. The first-order chi connectivity index (χ1) is 8.96. The van der Waals surface area contributed by atoms with Gasteiger partial charge in [-0.05, 0) is 38.5 Å². The van der Waals surface area contributed by atoms with E-state index in [1.54, 1.807) is 14.2 Å². The summed E-state index contributed by atoms with van der Waals surface area (Å²) in [5, 5.41) is 2.59. The predicted molar refractivity (Wildman–Crippen MR) is 83.9 cm³/mol. The van der Waals surface area contributed by atoms with Crippen molar-refractivity contribution in [3.8, 4) is 0 Å².